The van der Waals surface area contributed by atoms with E-state index in [0.29, 0.717) is 17.0 Å². The summed E-state index contributed by atoms with van der Waals surface area (Å²) in [6.07, 6.45) is -4.40. The third-order valence-electron chi connectivity index (χ3n) is 2.89. The highest BCUT2D eigenvalue weighted by molar-refractivity contribution is 5.91. The van der Waals surface area contributed by atoms with Crippen LogP contribution in [0.2, 0.25) is 0 Å². The van der Waals surface area contributed by atoms with Crippen LogP contribution in [0.5, 0.6) is 11.5 Å². The number of nitrogens with one attached hydrogen (secondary N) is 1. The van der Waals surface area contributed by atoms with Crippen molar-refractivity contribution in [3.05, 3.63) is 54.1 Å². The van der Waals surface area contributed by atoms with Crippen LogP contribution in [0.1, 0.15) is 5.56 Å². The number of carbonyl (C=O) groups is 1. The second-order valence-electron chi connectivity index (χ2n) is 4.90. The minimum Gasteiger partial charge on any atom is -0.484 e. The molecule has 0 atom stereocenters. The molecule has 0 aliphatic carbocycles. The predicted octanol–water partition coefficient (Wildman–Crippen LogP) is 3.52. The molecular formula is C17H13F3N2O3. The summed E-state index contributed by atoms with van der Waals surface area (Å²) in [6.45, 7) is -1.65. The maximum Gasteiger partial charge on any atom is 0.422 e. The fraction of sp³-hybridized carbons (Fsp3) is 0.176. The Morgan fingerprint density at radius 2 is 1.56 bits per heavy atom. The lowest BCUT2D eigenvalue weighted by Crippen LogP contribution is -2.20. The van der Waals surface area contributed by atoms with E-state index < -0.39 is 18.7 Å². The van der Waals surface area contributed by atoms with Gasteiger partial charge in [0, 0.05) is 5.69 Å². The van der Waals surface area contributed by atoms with E-state index in [-0.39, 0.29) is 12.4 Å². The predicted molar refractivity (Wildman–Crippen MR) is 83.3 cm³/mol. The van der Waals surface area contributed by atoms with Crippen molar-refractivity contribution in [3.63, 3.8) is 0 Å². The summed E-state index contributed by atoms with van der Waals surface area (Å²) in [5, 5.41) is 11.3. The fourth-order valence-electron chi connectivity index (χ4n) is 1.77. The summed E-state index contributed by atoms with van der Waals surface area (Å²) < 4.78 is 45.9. The zero-order valence-electron chi connectivity index (χ0n) is 12.8. The van der Waals surface area contributed by atoms with Crippen molar-refractivity contribution in [1.29, 1.82) is 5.26 Å². The van der Waals surface area contributed by atoms with Crippen LogP contribution in [0, 0.1) is 11.3 Å². The van der Waals surface area contributed by atoms with Crippen molar-refractivity contribution in [2.45, 2.75) is 6.18 Å². The third kappa shape index (κ3) is 6.43. The van der Waals surface area contributed by atoms with Gasteiger partial charge in [-0.3, -0.25) is 4.79 Å². The maximum atomic E-state index is 12.0. The van der Waals surface area contributed by atoms with Crippen LogP contribution < -0.4 is 14.8 Å². The average molecular weight is 350 g/mol. The van der Waals surface area contributed by atoms with Gasteiger partial charge in [0.25, 0.3) is 5.91 Å². The standard InChI is InChI=1S/C17H13F3N2O3/c18-17(19,20)11-25-15-7-5-14(6-8-15)24-10-16(23)22-13-3-1-12(9-21)2-4-13/h1-8H,10-11H2,(H,22,23). The van der Waals surface area contributed by atoms with Gasteiger partial charge < -0.3 is 14.8 Å². The topological polar surface area (TPSA) is 71.4 Å². The van der Waals surface area contributed by atoms with E-state index in [0.717, 1.165) is 0 Å². The lowest BCUT2D eigenvalue weighted by molar-refractivity contribution is -0.153. The van der Waals surface area contributed by atoms with Crippen LogP contribution in [0.3, 0.4) is 0 Å². The molecule has 1 amide bonds. The molecule has 130 valence electrons. The highest BCUT2D eigenvalue weighted by Gasteiger charge is 2.28. The van der Waals surface area contributed by atoms with Crippen LogP contribution in [0.25, 0.3) is 0 Å². The van der Waals surface area contributed by atoms with Gasteiger partial charge in [-0.05, 0) is 48.5 Å². The molecule has 0 fully saturated rings. The molecule has 5 nitrogen and oxygen atoms in total. The van der Waals surface area contributed by atoms with Crippen LogP contribution in [-0.2, 0) is 4.79 Å². The van der Waals surface area contributed by atoms with Crippen LogP contribution in [-0.4, -0.2) is 25.3 Å². The number of hydrogen-bond donors (Lipinski definition) is 1. The van der Waals surface area contributed by atoms with Gasteiger partial charge in [-0.25, -0.2) is 0 Å². The summed E-state index contributed by atoms with van der Waals surface area (Å²) in [7, 11) is 0. The first-order chi connectivity index (χ1) is 11.9. The SMILES string of the molecule is N#Cc1ccc(NC(=O)COc2ccc(OCC(F)(F)F)cc2)cc1. The Bertz CT molecular complexity index is 751. The molecule has 2 rings (SSSR count). The molecule has 0 bridgehead atoms. The molecule has 8 heteroatoms. The first-order valence-electron chi connectivity index (χ1n) is 7.08. The Hall–Kier alpha value is -3.21. The molecule has 0 spiro atoms. The zero-order valence-corrected chi connectivity index (χ0v) is 12.8. The fourth-order valence-corrected chi connectivity index (χ4v) is 1.77. The Morgan fingerprint density at radius 1 is 1.00 bits per heavy atom. The number of nitriles is 1. The van der Waals surface area contributed by atoms with Gasteiger partial charge in [0.2, 0.25) is 0 Å². The zero-order chi connectivity index (χ0) is 18.3. The first-order valence-corrected chi connectivity index (χ1v) is 7.08. The molecule has 0 unspecified atom stereocenters. The summed E-state index contributed by atoms with van der Waals surface area (Å²) >= 11 is 0. The maximum absolute atomic E-state index is 12.0. The lowest BCUT2D eigenvalue weighted by atomic mass is 10.2. The van der Waals surface area contributed by atoms with E-state index in [1.54, 1.807) is 24.3 Å². The van der Waals surface area contributed by atoms with Crippen LogP contribution >= 0.6 is 0 Å². The van der Waals surface area contributed by atoms with Gasteiger partial charge in [0.1, 0.15) is 11.5 Å². The Morgan fingerprint density at radius 3 is 2.08 bits per heavy atom. The number of benzene rings is 2. The van der Waals surface area contributed by atoms with Crippen molar-refractivity contribution in [1.82, 2.24) is 0 Å². The monoisotopic (exact) mass is 350 g/mol. The number of hydrogen-bond acceptors (Lipinski definition) is 4. The van der Waals surface area contributed by atoms with Gasteiger partial charge in [0.15, 0.2) is 13.2 Å². The molecular weight excluding hydrogens is 337 g/mol. The van der Waals surface area contributed by atoms with E-state index in [9.17, 15) is 18.0 Å². The number of carbonyl (C=O) groups excluding carboxylic acids is 1. The van der Waals surface area contributed by atoms with E-state index in [1.165, 1.54) is 24.3 Å². The largest absolute Gasteiger partial charge is 0.484 e. The Kier molecular flexibility index (Phi) is 5.84. The van der Waals surface area contributed by atoms with Gasteiger partial charge in [0.05, 0.1) is 11.6 Å². The van der Waals surface area contributed by atoms with Crippen molar-refractivity contribution >= 4 is 11.6 Å². The van der Waals surface area contributed by atoms with Crippen molar-refractivity contribution < 1.29 is 27.4 Å². The molecule has 0 radical (unpaired) electrons. The average Bonchev–Trinajstić information content (AvgIpc) is 2.59. The number of rotatable bonds is 6. The normalized spacial score (nSPS) is 10.6. The molecule has 0 heterocycles. The minimum absolute atomic E-state index is 0.0479. The molecule has 25 heavy (non-hydrogen) atoms. The smallest absolute Gasteiger partial charge is 0.422 e. The van der Waals surface area contributed by atoms with Gasteiger partial charge >= 0.3 is 6.18 Å². The number of amides is 1. The minimum atomic E-state index is -4.40. The highest BCUT2D eigenvalue weighted by atomic mass is 19.4. The van der Waals surface area contributed by atoms with Crippen LogP contribution in [0.15, 0.2) is 48.5 Å². The van der Waals surface area contributed by atoms with E-state index >= 15 is 0 Å². The summed E-state index contributed by atoms with van der Waals surface area (Å²) in [6, 6.07) is 13.7. The number of alkyl halides is 3. The van der Waals surface area contributed by atoms with E-state index in [1.807, 2.05) is 6.07 Å². The first kappa shape index (κ1) is 18.1. The summed E-state index contributed by atoms with van der Waals surface area (Å²) in [5.41, 5.74) is 0.991. The van der Waals surface area contributed by atoms with Gasteiger partial charge in [-0.1, -0.05) is 0 Å². The quantitative estimate of drug-likeness (QED) is 0.865. The molecule has 2 aromatic carbocycles. The molecule has 0 saturated carbocycles. The molecule has 1 N–H and O–H groups in total. The van der Waals surface area contributed by atoms with Crippen molar-refractivity contribution in [3.8, 4) is 17.6 Å². The molecule has 2 aromatic rings. The third-order valence-corrected chi connectivity index (χ3v) is 2.89. The van der Waals surface area contributed by atoms with E-state index in [2.05, 4.69) is 10.1 Å². The molecule has 0 aliphatic rings. The number of anilines is 1. The number of ether oxygens (including phenoxy) is 2. The lowest BCUT2D eigenvalue weighted by Gasteiger charge is -2.10. The second-order valence-corrected chi connectivity index (χ2v) is 4.90. The van der Waals surface area contributed by atoms with Crippen molar-refractivity contribution in [2.75, 3.05) is 18.5 Å². The Balaban J connectivity index is 1.80. The van der Waals surface area contributed by atoms with Crippen LogP contribution in [0.4, 0.5) is 18.9 Å². The summed E-state index contributed by atoms with van der Waals surface area (Å²) in [5.74, 6) is -0.0526. The summed E-state index contributed by atoms with van der Waals surface area (Å²) in [4.78, 5) is 11.8. The Labute approximate surface area is 141 Å². The number of nitrogens with zero attached hydrogens (tertiary/aromatic N) is 1. The second kappa shape index (κ2) is 8.06. The van der Waals surface area contributed by atoms with E-state index in [4.69, 9.17) is 10.00 Å². The highest BCUT2D eigenvalue weighted by Crippen LogP contribution is 2.21. The van der Waals surface area contributed by atoms with Crippen molar-refractivity contribution in [2.24, 2.45) is 0 Å². The van der Waals surface area contributed by atoms with Gasteiger partial charge in [-0.15, -0.1) is 0 Å². The molecule has 0 saturated heterocycles. The van der Waals surface area contributed by atoms with Gasteiger partial charge in [-0.2, -0.15) is 18.4 Å². The molecule has 0 aliphatic heterocycles. The number of halogens is 3. The molecule has 0 aromatic heterocycles.